The third-order valence-corrected chi connectivity index (χ3v) is 3.68. The number of ether oxygens (including phenoxy) is 3. The van der Waals surface area contributed by atoms with Crippen LogP contribution in [0.4, 0.5) is 10.5 Å². The standard InChI is InChI=1S/C20H20N2O5/c1-3-25-20(23)21-14-7-6-8-15(11-14)26-13-16-12-18(22-27-16)17-9-4-5-10-19(17)24-2/h4-12H,3,13H2,1-2H3,(H,21,23). The highest BCUT2D eigenvalue weighted by Gasteiger charge is 2.11. The van der Waals surface area contributed by atoms with Crippen molar-refractivity contribution in [2.75, 3.05) is 19.0 Å². The number of hydrogen-bond donors (Lipinski definition) is 1. The highest BCUT2D eigenvalue weighted by atomic mass is 16.5. The lowest BCUT2D eigenvalue weighted by Gasteiger charge is -2.08. The van der Waals surface area contributed by atoms with Crippen molar-refractivity contribution < 1.29 is 23.5 Å². The molecule has 3 rings (SSSR count). The Kier molecular flexibility index (Phi) is 5.94. The zero-order valence-electron chi connectivity index (χ0n) is 15.1. The van der Waals surface area contributed by atoms with Gasteiger partial charge in [0, 0.05) is 23.4 Å². The summed E-state index contributed by atoms with van der Waals surface area (Å²) in [5, 5.41) is 6.71. The van der Waals surface area contributed by atoms with Gasteiger partial charge in [-0.2, -0.15) is 0 Å². The van der Waals surface area contributed by atoms with Crippen LogP contribution in [-0.4, -0.2) is 25.0 Å². The van der Waals surface area contributed by atoms with Crippen molar-refractivity contribution in [1.29, 1.82) is 0 Å². The monoisotopic (exact) mass is 368 g/mol. The molecule has 0 bridgehead atoms. The maximum absolute atomic E-state index is 11.5. The summed E-state index contributed by atoms with van der Waals surface area (Å²) in [6.07, 6.45) is -0.508. The molecule has 1 heterocycles. The second kappa shape index (κ2) is 8.75. The Bertz CT molecular complexity index is 907. The molecule has 0 saturated carbocycles. The number of nitrogens with zero attached hydrogens (tertiary/aromatic N) is 1. The maximum atomic E-state index is 11.5. The molecule has 0 fully saturated rings. The van der Waals surface area contributed by atoms with Crippen LogP contribution in [0, 0.1) is 0 Å². The van der Waals surface area contributed by atoms with Gasteiger partial charge in [0.2, 0.25) is 0 Å². The number of rotatable bonds is 7. The van der Waals surface area contributed by atoms with Crippen molar-refractivity contribution in [3.05, 3.63) is 60.4 Å². The van der Waals surface area contributed by atoms with Crippen LogP contribution >= 0.6 is 0 Å². The van der Waals surface area contributed by atoms with Crippen LogP contribution in [0.2, 0.25) is 0 Å². The molecule has 7 heteroatoms. The minimum absolute atomic E-state index is 0.199. The summed E-state index contributed by atoms with van der Waals surface area (Å²) in [5.74, 6) is 1.87. The number of methoxy groups -OCH3 is 1. The van der Waals surface area contributed by atoms with Gasteiger partial charge < -0.3 is 18.7 Å². The average molecular weight is 368 g/mol. The van der Waals surface area contributed by atoms with Crippen molar-refractivity contribution in [3.8, 4) is 22.8 Å². The lowest BCUT2D eigenvalue weighted by atomic mass is 10.1. The zero-order chi connectivity index (χ0) is 19.1. The molecule has 27 heavy (non-hydrogen) atoms. The summed E-state index contributed by atoms with van der Waals surface area (Å²) in [5.41, 5.74) is 2.10. The van der Waals surface area contributed by atoms with Crippen molar-refractivity contribution >= 4 is 11.8 Å². The Hall–Kier alpha value is -3.48. The van der Waals surface area contributed by atoms with E-state index in [2.05, 4.69) is 10.5 Å². The molecule has 0 atom stereocenters. The SMILES string of the molecule is CCOC(=O)Nc1cccc(OCc2cc(-c3ccccc3OC)no2)c1. The minimum Gasteiger partial charge on any atom is -0.496 e. The molecule has 1 amide bonds. The number of hydrogen-bond acceptors (Lipinski definition) is 6. The minimum atomic E-state index is -0.508. The molecule has 0 radical (unpaired) electrons. The van der Waals surface area contributed by atoms with E-state index in [9.17, 15) is 4.79 Å². The van der Waals surface area contributed by atoms with Crippen LogP contribution < -0.4 is 14.8 Å². The van der Waals surface area contributed by atoms with Gasteiger partial charge in [-0.15, -0.1) is 0 Å². The maximum Gasteiger partial charge on any atom is 0.411 e. The van der Waals surface area contributed by atoms with E-state index in [0.717, 1.165) is 11.3 Å². The smallest absolute Gasteiger partial charge is 0.411 e. The molecular weight excluding hydrogens is 348 g/mol. The Morgan fingerprint density at radius 2 is 2.00 bits per heavy atom. The number of para-hydroxylation sites is 1. The summed E-state index contributed by atoms with van der Waals surface area (Å²) in [4.78, 5) is 11.5. The number of nitrogens with one attached hydrogen (secondary N) is 1. The molecule has 1 aromatic heterocycles. The van der Waals surface area contributed by atoms with Gasteiger partial charge in [0.15, 0.2) is 5.76 Å². The molecule has 7 nitrogen and oxygen atoms in total. The van der Waals surface area contributed by atoms with E-state index in [4.69, 9.17) is 18.7 Å². The summed E-state index contributed by atoms with van der Waals surface area (Å²) in [7, 11) is 1.61. The van der Waals surface area contributed by atoms with Gasteiger partial charge in [0.25, 0.3) is 0 Å². The van der Waals surface area contributed by atoms with E-state index < -0.39 is 6.09 Å². The number of aromatic nitrogens is 1. The Balaban J connectivity index is 1.64. The summed E-state index contributed by atoms with van der Waals surface area (Å²) >= 11 is 0. The highest BCUT2D eigenvalue weighted by molar-refractivity contribution is 5.84. The fourth-order valence-electron chi connectivity index (χ4n) is 2.47. The first kappa shape index (κ1) is 18.3. The van der Waals surface area contributed by atoms with E-state index >= 15 is 0 Å². The van der Waals surface area contributed by atoms with Gasteiger partial charge in [-0.25, -0.2) is 4.79 Å². The Labute approximate surface area is 156 Å². The van der Waals surface area contributed by atoms with Crippen molar-refractivity contribution in [1.82, 2.24) is 5.16 Å². The Morgan fingerprint density at radius 3 is 2.81 bits per heavy atom. The topological polar surface area (TPSA) is 82.8 Å². The summed E-state index contributed by atoms with van der Waals surface area (Å²) in [6.45, 7) is 2.25. The average Bonchev–Trinajstić information content (AvgIpc) is 3.15. The molecule has 0 saturated heterocycles. The van der Waals surface area contributed by atoms with E-state index in [1.165, 1.54) is 0 Å². The fourth-order valence-corrected chi connectivity index (χ4v) is 2.47. The van der Waals surface area contributed by atoms with Gasteiger partial charge in [-0.3, -0.25) is 5.32 Å². The number of benzene rings is 2. The predicted octanol–water partition coefficient (Wildman–Crippen LogP) is 4.50. The number of carbonyl (C=O) groups excluding carboxylic acids is 1. The zero-order valence-corrected chi connectivity index (χ0v) is 15.1. The van der Waals surface area contributed by atoms with E-state index in [1.807, 2.05) is 24.3 Å². The lowest BCUT2D eigenvalue weighted by molar-refractivity contribution is 0.168. The number of anilines is 1. The van der Waals surface area contributed by atoms with Crippen LogP contribution in [-0.2, 0) is 11.3 Å². The van der Waals surface area contributed by atoms with Crippen LogP contribution in [0.3, 0.4) is 0 Å². The Morgan fingerprint density at radius 1 is 1.15 bits per heavy atom. The molecule has 140 valence electrons. The van der Waals surface area contributed by atoms with Gasteiger partial charge >= 0.3 is 6.09 Å². The first-order chi connectivity index (χ1) is 13.2. The van der Waals surface area contributed by atoms with E-state index in [0.29, 0.717) is 29.5 Å². The van der Waals surface area contributed by atoms with Crippen LogP contribution in [0.1, 0.15) is 12.7 Å². The number of carbonyl (C=O) groups is 1. The molecule has 0 aliphatic rings. The second-order valence-electron chi connectivity index (χ2n) is 5.54. The van der Waals surface area contributed by atoms with Crippen LogP contribution in [0.5, 0.6) is 11.5 Å². The van der Waals surface area contributed by atoms with Crippen LogP contribution in [0.25, 0.3) is 11.3 Å². The lowest BCUT2D eigenvalue weighted by Crippen LogP contribution is -2.13. The fraction of sp³-hybridized carbons (Fsp3) is 0.200. The molecule has 0 aliphatic carbocycles. The normalized spacial score (nSPS) is 10.3. The molecule has 0 unspecified atom stereocenters. The quantitative estimate of drug-likeness (QED) is 0.661. The highest BCUT2D eigenvalue weighted by Crippen LogP contribution is 2.29. The van der Waals surface area contributed by atoms with E-state index in [-0.39, 0.29) is 6.61 Å². The third-order valence-electron chi connectivity index (χ3n) is 3.68. The molecule has 3 aromatic rings. The molecule has 1 N–H and O–H groups in total. The van der Waals surface area contributed by atoms with Gasteiger partial charge in [-0.05, 0) is 31.2 Å². The van der Waals surface area contributed by atoms with Crippen molar-refractivity contribution in [2.45, 2.75) is 13.5 Å². The van der Waals surface area contributed by atoms with Crippen LogP contribution in [0.15, 0.2) is 59.1 Å². The first-order valence-corrected chi connectivity index (χ1v) is 8.45. The molecule has 0 spiro atoms. The summed E-state index contributed by atoms with van der Waals surface area (Å²) < 4.78 is 21.3. The van der Waals surface area contributed by atoms with Gasteiger partial charge in [-0.1, -0.05) is 23.4 Å². The van der Waals surface area contributed by atoms with Gasteiger partial charge in [0.1, 0.15) is 23.8 Å². The molecule has 0 aliphatic heterocycles. The van der Waals surface area contributed by atoms with Crippen molar-refractivity contribution in [2.24, 2.45) is 0 Å². The summed E-state index contributed by atoms with van der Waals surface area (Å²) in [6, 6.07) is 16.4. The molecular formula is C20H20N2O5. The van der Waals surface area contributed by atoms with E-state index in [1.54, 1.807) is 44.4 Å². The predicted molar refractivity (Wildman–Crippen MR) is 99.9 cm³/mol. The largest absolute Gasteiger partial charge is 0.496 e. The van der Waals surface area contributed by atoms with Gasteiger partial charge in [0.05, 0.1) is 13.7 Å². The third kappa shape index (κ3) is 4.78. The number of amides is 1. The van der Waals surface area contributed by atoms with Crippen molar-refractivity contribution in [3.63, 3.8) is 0 Å². The second-order valence-corrected chi connectivity index (χ2v) is 5.54. The molecule has 2 aromatic carbocycles. The first-order valence-electron chi connectivity index (χ1n) is 8.45.